The van der Waals surface area contributed by atoms with Crippen molar-refractivity contribution in [1.29, 1.82) is 0 Å². The second-order valence-electron chi connectivity index (χ2n) is 3.98. The summed E-state index contributed by atoms with van der Waals surface area (Å²) in [5, 5.41) is 0. The second-order valence-corrected chi connectivity index (χ2v) is 3.98. The molecule has 0 heterocycles. The zero-order valence-electron chi connectivity index (χ0n) is 11.7. The summed E-state index contributed by atoms with van der Waals surface area (Å²) in [4.78, 5) is 0. The van der Waals surface area contributed by atoms with Crippen molar-refractivity contribution in [1.82, 2.24) is 0 Å². The maximum atomic E-state index is 3.80. The van der Waals surface area contributed by atoms with Crippen LogP contribution in [0.2, 0.25) is 0 Å². The largest absolute Gasteiger partial charge is 0.0991 e. The van der Waals surface area contributed by atoms with Gasteiger partial charge < -0.3 is 0 Å². The monoisotopic (exact) mass is 230 g/mol. The summed E-state index contributed by atoms with van der Waals surface area (Å²) in [6.07, 6.45) is 17.1. The average Bonchev–Trinajstić information content (AvgIpc) is 2.31. The fourth-order valence-electron chi connectivity index (χ4n) is 2.03. The van der Waals surface area contributed by atoms with Gasteiger partial charge >= 0.3 is 0 Å². The Kier molecular flexibility index (Phi) is 9.14. The summed E-state index contributed by atoms with van der Waals surface area (Å²) in [6.45, 7) is 12.4. The number of hydrogen-bond donors (Lipinski definition) is 0. The molecule has 0 N–H and O–H groups in total. The fourth-order valence-corrected chi connectivity index (χ4v) is 2.03. The highest BCUT2D eigenvalue weighted by molar-refractivity contribution is 5.36. The molecule has 1 unspecified atom stereocenters. The minimum atomic E-state index is 0.473. The number of hydrogen-bond acceptors (Lipinski definition) is 0. The fraction of sp³-hybridized carbons (Fsp3) is 0.412. The smallest absolute Gasteiger partial charge is 0.00833 e. The maximum Gasteiger partial charge on any atom is 0.00833 e. The van der Waals surface area contributed by atoms with Crippen LogP contribution in [0.15, 0.2) is 60.3 Å². The summed E-state index contributed by atoms with van der Waals surface area (Å²) in [7, 11) is 0. The van der Waals surface area contributed by atoms with Gasteiger partial charge in [0, 0.05) is 5.92 Å². The Hall–Kier alpha value is -1.30. The lowest BCUT2D eigenvalue weighted by Crippen LogP contribution is -2.04. The third kappa shape index (κ3) is 5.53. The van der Waals surface area contributed by atoms with Gasteiger partial charge in [-0.05, 0) is 37.8 Å². The van der Waals surface area contributed by atoms with E-state index in [4.69, 9.17) is 0 Å². The van der Waals surface area contributed by atoms with E-state index in [1.165, 1.54) is 11.1 Å². The molecule has 0 aromatic rings. The summed E-state index contributed by atoms with van der Waals surface area (Å²) >= 11 is 0. The first kappa shape index (κ1) is 15.7. The number of allylic oxidation sites excluding steroid dienone is 9. The molecule has 0 bridgehead atoms. The van der Waals surface area contributed by atoms with Crippen molar-refractivity contribution < 1.29 is 0 Å². The molecule has 0 rings (SSSR count). The lowest BCUT2D eigenvalue weighted by Gasteiger charge is -2.18. The molecule has 0 saturated heterocycles. The van der Waals surface area contributed by atoms with E-state index in [0.29, 0.717) is 5.92 Å². The topological polar surface area (TPSA) is 0 Å². The van der Waals surface area contributed by atoms with E-state index < -0.39 is 0 Å². The summed E-state index contributed by atoms with van der Waals surface area (Å²) in [5.41, 5.74) is 2.74. The van der Waals surface area contributed by atoms with E-state index in [9.17, 15) is 0 Å². The standard InChI is InChI=1S/C17H26/c1-6-11-15(12-7-2)17(10-5)16(13-8-3)14-9-4/h6-8,11-14,17H,1,9-10H2,2-5H3/b12-7-,13-8-,15-11+,16-14+. The molecule has 0 aromatic heterocycles. The van der Waals surface area contributed by atoms with Gasteiger partial charge in [0.15, 0.2) is 0 Å². The maximum absolute atomic E-state index is 3.80. The Morgan fingerprint density at radius 3 is 2.06 bits per heavy atom. The van der Waals surface area contributed by atoms with Crippen molar-refractivity contribution in [2.45, 2.75) is 40.5 Å². The normalized spacial score (nSPS) is 15.8. The summed E-state index contributed by atoms with van der Waals surface area (Å²) in [5.74, 6) is 0.473. The molecule has 17 heavy (non-hydrogen) atoms. The Bertz CT molecular complexity index is 324. The molecule has 0 radical (unpaired) electrons. The first-order chi connectivity index (χ1) is 8.24. The lowest BCUT2D eigenvalue weighted by atomic mass is 9.87. The minimum absolute atomic E-state index is 0.473. The van der Waals surface area contributed by atoms with E-state index >= 15 is 0 Å². The quantitative estimate of drug-likeness (QED) is 0.498. The van der Waals surface area contributed by atoms with E-state index in [2.05, 4.69) is 70.7 Å². The highest BCUT2D eigenvalue weighted by Crippen LogP contribution is 2.26. The summed E-state index contributed by atoms with van der Waals surface area (Å²) < 4.78 is 0. The SMILES string of the molecule is C=C/C=C(\C=C/C)C(CC)C(/C=C\C)=C/CC. The van der Waals surface area contributed by atoms with Crippen LogP contribution in [0.25, 0.3) is 0 Å². The van der Waals surface area contributed by atoms with Crippen LogP contribution in [-0.2, 0) is 0 Å². The van der Waals surface area contributed by atoms with Crippen LogP contribution in [-0.4, -0.2) is 0 Å². The zero-order chi connectivity index (χ0) is 13.1. The molecule has 0 aromatic carbocycles. The molecule has 0 fully saturated rings. The Morgan fingerprint density at radius 2 is 1.65 bits per heavy atom. The van der Waals surface area contributed by atoms with E-state index in [-0.39, 0.29) is 0 Å². The van der Waals surface area contributed by atoms with E-state index in [0.717, 1.165) is 12.8 Å². The zero-order valence-corrected chi connectivity index (χ0v) is 11.7. The van der Waals surface area contributed by atoms with Crippen LogP contribution in [0.3, 0.4) is 0 Å². The highest BCUT2D eigenvalue weighted by Gasteiger charge is 2.12. The minimum Gasteiger partial charge on any atom is -0.0991 e. The highest BCUT2D eigenvalue weighted by atomic mass is 14.2. The second kappa shape index (κ2) is 9.89. The van der Waals surface area contributed by atoms with Crippen LogP contribution >= 0.6 is 0 Å². The number of rotatable bonds is 7. The molecular formula is C17H26. The van der Waals surface area contributed by atoms with Crippen LogP contribution in [0.5, 0.6) is 0 Å². The molecule has 0 heteroatoms. The third-order valence-corrected chi connectivity index (χ3v) is 2.68. The van der Waals surface area contributed by atoms with Gasteiger partial charge in [0.1, 0.15) is 0 Å². The Morgan fingerprint density at radius 1 is 1.06 bits per heavy atom. The molecule has 0 aliphatic heterocycles. The van der Waals surface area contributed by atoms with Gasteiger partial charge in [0.25, 0.3) is 0 Å². The van der Waals surface area contributed by atoms with Crippen molar-refractivity contribution in [3.8, 4) is 0 Å². The van der Waals surface area contributed by atoms with Crippen molar-refractivity contribution in [2.75, 3.05) is 0 Å². The molecule has 0 saturated carbocycles. The predicted molar refractivity (Wildman–Crippen MR) is 80.1 cm³/mol. The first-order valence-electron chi connectivity index (χ1n) is 6.53. The molecule has 0 aliphatic rings. The lowest BCUT2D eigenvalue weighted by molar-refractivity contribution is 0.711. The molecule has 94 valence electrons. The van der Waals surface area contributed by atoms with Gasteiger partial charge in [0.2, 0.25) is 0 Å². The molecule has 0 nitrogen and oxygen atoms in total. The van der Waals surface area contributed by atoms with E-state index in [1.807, 2.05) is 6.08 Å². The predicted octanol–water partition coefficient (Wildman–Crippen LogP) is 5.61. The van der Waals surface area contributed by atoms with Crippen LogP contribution in [0.1, 0.15) is 40.5 Å². The van der Waals surface area contributed by atoms with E-state index in [1.54, 1.807) is 0 Å². The van der Waals surface area contributed by atoms with Crippen molar-refractivity contribution in [3.05, 3.63) is 60.3 Å². The van der Waals surface area contributed by atoms with Crippen LogP contribution in [0, 0.1) is 5.92 Å². The Balaban J connectivity index is 5.32. The van der Waals surface area contributed by atoms with Gasteiger partial charge in [-0.1, -0.05) is 63.0 Å². The molecular weight excluding hydrogens is 204 g/mol. The first-order valence-corrected chi connectivity index (χ1v) is 6.53. The van der Waals surface area contributed by atoms with Crippen LogP contribution in [0.4, 0.5) is 0 Å². The van der Waals surface area contributed by atoms with Gasteiger partial charge in [0.05, 0.1) is 0 Å². The van der Waals surface area contributed by atoms with Gasteiger partial charge in [-0.2, -0.15) is 0 Å². The third-order valence-electron chi connectivity index (χ3n) is 2.68. The van der Waals surface area contributed by atoms with Gasteiger partial charge in [-0.25, -0.2) is 0 Å². The van der Waals surface area contributed by atoms with Gasteiger partial charge in [-0.15, -0.1) is 0 Å². The molecule has 0 aliphatic carbocycles. The van der Waals surface area contributed by atoms with Crippen molar-refractivity contribution in [2.24, 2.45) is 5.92 Å². The molecule has 0 amide bonds. The van der Waals surface area contributed by atoms with Crippen LogP contribution < -0.4 is 0 Å². The average molecular weight is 230 g/mol. The summed E-state index contributed by atoms with van der Waals surface area (Å²) in [6, 6.07) is 0. The Labute approximate surface area is 107 Å². The van der Waals surface area contributed by atoms with Crippen molar-refractivity contribution in [3.63, 3.8) is 0 Å². The molecule has 0 spiro atoms. The van der Waals surface area contributed by atoms with Crippen molar-refractivity contribution >= 4 is 0 Å². The molecule has 1 atom stereocenters. The van der Waals surface area contributed by atoms with Gasteiger partial charge in [-0.3, -0.25) is 0 Å².